The molecule has 1 aromatic carbocycles. The quantitative estimate of drug-likeness (QED) is 0.756. The number of aromatic nitrogens is 1. The van der Waals surface area contributed by atoms with Gasteiger partial charge in [-0.25, -0.2) is 4.98 Å². The molecule has 0 aliphatic heterocycles. The second-order valence-electron chi connectivity index (χ2n) is 5.09. The maximum Gasteiger partial charge on any atom is 0.221 e. The molecule has 2 nitrogen and oxygen atoms in total. The van der Waals surface area contributed by atoms with Crippen molar-refractivity contribution in [2.45, 2.75) is 26.2 Å². The molecule has 0 N–H and O–H groups in total. The summed E-state index contributed by atoms with van der Waals surface area (Å²) in [5.74, 6) is 0.634. The minimum atomic E-state index is -0.0487. The molecule has 1 aromatic heterocycles. The number of ether oxygens (including phenoxy) is 1. The molecule has 0 saturated heterocycles. The zero-order valence-corrected chi connectivity index (χ0v) is 11.3. The van der Waals surface area contributed by atoms with E-state index < -0.39 is 0 Å². The van der Waals surface area contributed by atoms with Crippen LogP contribution in [0.3, 0.4) is 0 Å². The number of pyridine rings is 1. The van der Waals surface area contributed by atoms with Crippen molar-refractivity contribution in [2.75, 3.05) is 7.11 Å². The molecule has 0 bridgehead atoms. The van der Waals surface area contributed by atoms with Gasteiger partial charge in [0.15, 0.2) is 0 Å². The van der Waals surface area contributed by atoms with Crippen LogP contribution < -0.4 is 4.74 Å². The Labute approximate surface area is 107 Å². The minimum Gasteiger partial charge on any atom is -0.481 e. The van der Waals surface area contributed by atoms with Gasteiger partial charge in [0, 0.05) is 16.6 Å². The number of benzene rings is 1. The average molecular weight is 250 g/mol. The molecule has 90 valence electrons. The molecule has 2 rings (SSSR count). The highest BCUT2D eigenvalue weighted by Crippen LogP contribution is 2.39. The fourth-order valence-corrected chi connectivity index (χ4v) is 2.54. The lowest BCUT2D eigenvalue weighted by molar-refractivity contribution is 0.402. The standard InChI is InChI=1S/C14H16ClNO/c1-14(2,3)12-10(15)6-5-9-7-8-16-13(17-4)11(9)12/h5-8H,1-4H3. The molecule has 0 atom stereocenters. The Morgan fingerprint density at radius 2 is 1.88 bits per heavy atom. The summed E-state index contributed by atoms with van der Waals surface area (Å²) < 4.78 is 5.35. The Hall–Kier alpha value is -1.28. The Balaban J connectivity index is 2.93. The van der Waals surface area contributed by atoms with Gasteiger partial charge in [0.1, 0.15) is 0 Å². The summed E-state index contributed by atoms with van der Waals surface area (Å²) in [5, 5.41) is 2.87. The van der Waals surface area contributed by atoms with Crippen molar-refractivity contribution in [3.8, 4) is 5.88 Å². The van der Waals surface area contributed by atoms with Gasteiger partial charge in [-0.1, -0.05) is 38.4 Å². The summed E-state index contributed by atoms with van der Waals surface area (Å²) in [4.78, 5) is 4.26. The highest BCUT2D eigenvalue weighted by Gasteiger charge is 2.22. The number of hydrogen-bond donors (Lipinski definition) is 0. The van der Waals surface area contributed by atoms with E-state index in [0.29, 0.717) is 5.88 Å². The van der Waals surface area contributed by atoms with E-state index in [-0.39, 0.29) is 5.41 Å². The molecule has 2 aromatic rings. The largest absolute Gasteiger partial charge is 0.481 e. The molecule has 17 heavy (non-hydrogen) atoms. The van der Waals surface area contributed by atoms with E-state index in [1.54, 1.807) is 13.3 Å². The minimum absolute atomic E-state index is 0.0487. The van der Waals surface area contributed by atoms with E-state index in [1.165, 1.54) is 0 Å². The highest BCUT2D eigenvalue weighted by molar-refractivity contribution is 6.32. The van der Waals surface area contributed by atoms with Crippen LogP contribution in [0, 0.1) is 0 Å². The molecular formula is C14H16ClNO. The molecule has 3 heteroatoms. The normalized spacial score (nSPS) is 11.8. The van der Waals surface area contributed by atoms with Gasteiger partial charge >= 0.3 is 0 Å². The van der Waals surface area contributed by atoms with Crippen LogP contribution >= 0.6 is 11.6 Å². The van der Waals surface area contributed by atoms with E-state index >= 15 is 0 Å². The van der Waals surface area contributed by atoms with Gasteiger partial charge in [-0.3, -0.25) is 0 Å². The van der Waals surface area contributed by atoms with Crippen LogP contribution in [0.4, 0.5) is 0 Å². The zero-order valence-electron chi connectivity index (χ0n) is 10.5. The molecule has 0 radical (unpaired) electrons. The van der Waals surface area contributed by atoms with Crippen LogP contribution in [-0.2, 0) is 5.41 Å². The average Bonchev–Trinajstić information content (AvgIpc) is 2.26. The van der Waals surface area contributed by atoms with Crippen molar-refractivity contribution >= 4 is 22.4 Å². The summed E-state index contributed by atoms with van der Waals surface area (Å²) >= 11 is 6.33. The topological polar surface area (TPSA) is 22.1 Å². The van der Waals surface area contributed by atoms with Gasteiger partial charge in [-0.05, 0) is 28.5 Å². The lowest BCUT2D eigenvalue weighted by Crippen LogP contribution is -2.13. The van der Waals surface area contributed by atoms with Crippen LogP contribution in [0.15, 0.2) is 24.4 Å². The van der Waals surface area contributed by atoms with Crippen molar-refractivity contribution in [3.63, 3.8) is 0 Å². The monoisotopic (exact) mass is 249 g/mol. The van der Waals surface area contributed by atoms with Crippen LogP contribution in [0.2, 0.25) is 5.02 Å². The summed E-state index contributed by atoms with van der Waals surface area (Å²) in [5.41, 5.74) is 1.04. The Kier molecular flexibility index (Phi) is 3.00. The second-order valence-corrected chi connectivity index (χ2v) is 5.50. The molecule has 0 aliphatic carbocycles. The van der Waals surface area contributed by atoms with E-state index in [4.69, 9.17) is 16.3 Å². The Bertz CT molecular complexity index is 558. The van der Waals surface area contributed by atoms with Crippen molar-refractivity contribution < 1.29 is 4.74 Å². The van der Waals surface area contributed by atoms with Crippen LogP contribution in [0.25, 0.3) is 10.8 Å². The first-order valence-electron chi connectivity index (χ1n) is 5.57. The number of methoxy groups -OCH3 is 1. The van der Waals surface area contributed by atoms with E-state index in [9.17, 15) is 0 Å². The number of hydrogen-bond acceptors (Lipinski definition) is 2. The molecule has 0 amide bonds. The van der Waals surface area contributed by atoms with Crippen LogP contribution in [-0.4, -0.2) is 12.1 Å². The summed E-state index contributed by atoms with van der Waals surface area (Å²) in [7, 11) is 1.63. The van der Waals surface area contributed by atoms with Gasteiger partial charge in [-0.2, -0.15) is 0 Å². The van der Waals surface area contributed by atoms with Crippen LogP contribution in [0.1, 0.15) is 26.3 Å². The van der Waals surface area contributed by atoms with E-state index in [0.717, 1.165) is 21.4 Å². The molecule has 0 aliphatic rings. The van der Waals surface area contributed by atoms with Crippen molar-refractivity contribution in [3.05, 3.63) is 35.0 Å². The summed E-state index contributed by atoms with van der Waals surface area (Å²) in [6.45, 7) is 6.42. The maximum atomic E-state index is 6.33. The van der Waals surface area contributed by atoms with E-state index in [2.05, 4.69) is 25.8 Å². The van der Waals surface area contributed by atoms with Gasteiger partial charge < -0.3 is 4.74 Å². The van der Waals surface area contributed by atoms with E-state index in [1.807, 2.05) is 18.2 Å². The zero-order chi connectivity index (χ0) is 12.6. The molecule has 0 saturated carbocycles. The molecule has 0 fully saturated rings. The SMILES string of the molecule is COc1nccc2ccc(Cl)c(C(C)(C)C)c12. The number of nitrogens with zero attached hydrogens (tertiary/aromatic N) is 1. The van der Waals surface area contributed by atoms with Gasteiger partial charge in [0.2, 0.25) is 5.88 Å². The summed E-state index contributed by atoms with van der Waals surface area (Å²) in [6.07, 6.45) is 1.75. The first-order chi connectivity index (χ1) is 7.95. The molecule has 0 spiro atoms. The number of rotatable bonds is 1. The first-order valence-corrected chi connectivity index (χ1v) is 5.94. The molecule has 0 unspecified atom stereocenters. The fraction of sp³-hybridized carbons (Fsp3) is 0.357. The predicted molar refractivity (Wildman–Crippen MR) is 72.0 cm³/mol. The maximum absolute atomic E-state index is 6.33. The second kappa shape index (κ2) is 4.19. The Morgan fingerprint density at radius 3 is 2.47 bits per heavy atom. The van der Waals surface area contributed by atoms with Crippen molar-refractivity contribution in [1.82, 2.24) is 4.98 Å². The lowest BCUT2D eigenvalue weighted by atomic mass is 9.84. The van der Waals surface area contributed by atoms with Gasteiger partial charge in [0.05, 0.1) is 7.11 Å². The first kappa shape index (κ1) is 12.2. The van der Waals surface area contributed by atoms with Crippen molar-refractivity contribution in [1.29, 1.82) is 0 Å². The van der Waals surface area contributed by atoms with Gasteiger partial charge in [-0.15, -0.1) is 0 Å². The van der Waals surface area contributed by atoms with Gasteiger partial charge in [0.25, 0.3) is 0 Å². The molecular weight excluding hydrogens is 234 g/mol. The third-order valence-corrected chi connectivity index (χ3v) is 3.10. The number of fused-ring (bicyclic) bond motifs is 1. The lowest BCUT2D eigenvalue weighted by Gasteiger charge is -2.23. The predicted octanol–water partition coefficient (Wildman–Crippen LogP) is 4.19. The van der Waals surface area contributed by atoms with Crippen LogP contribution in [0.5, 0.6) is 5.88 Å². The molecule has 1 heterocycles. The third-order valence-electron chi connectivity index (χ3n) is 2.79. The Morgan fingerprint density at radius 1 is 1.18 bits per heavy atom. The third kappa shape index (κ3) is 2.09. The summed E-state index contributed by atoms with van der Waals surface area (Å²) in [6, 6.07) is 5.91. The smallest absolute Gasteiger partial charge is 0.221 e. The fourth-order valence-electron chi connectivity index (χ4n) is 2.10. The highest BCUT2D eigenvalue weighted by atomic mass is 35.5. The van der Waals surface area contributed by atoms with Crippen molar-refractivity contribution in [2.24, 2.45) is 0 Å². The number of halogens is 1.